The number of sulfonamides is 1. The molecule has 10 heteroatoms. The fraction of sp³-hybridized carbons (Fsp3) is 0.765. The van der Waals surface area contributed by atoms with E-state index >= 15 is 0 Å². The average molecular weight is 401 g/mol. The lowest BCUT2D eigenvalue weighted by Gasteiger charge is -2.38. The Morgan fingerprint density at radius 1 is 1.19 bits per heavy atom. The minimum atomic E-state index is -3.30. The number of piperidine rings is 1. The molecule has 0 aromatic rings. The van der Waals surface area contributed by atoms with E-state index in [-0.39, 0.29) is 31.8 Å². The van der Waals surface area contributed by atoms with Gasteiger partial charge in [0.25, 0.3) is 5.91 Å². The minimum Gasteiger partial charge on any atom is -0.450 e. The topological polar surface area (TPSA) is 105 Å². The maximum absolute atomic E-state index is 12.8. The van der Waals surface area contributed by atoms with E-state index in [1.54, 1.807) is 6.92 Å². The summed E-state index contributed by atoms with van der Waals surface area (Å²) < 4.78 is 35.7. The van der Waals surface area contributed by atoms with E-state index in [0.717, 1.165) is 19.3 Å². The number of amides is 1. The van der Waals surface area contributed by atoms with Crippen molar-refractivity contribution in [3.05, 3.63) is 11.1 Å². The molecule has 3 aliphatic heterocycles. The van der Waals surface area contributed by atoms with Gasteiger partial charge in [-0.05, 0) is 6.92 Å². The van der Waals surface area contributed by atoms with E-state index in [1.807, 2.05) is 0 Å². The van der Waals surface area contributed by atoms with Crippen LogP contribution in [0.15, 0.2) is 11.1 Å². The Balaban J connectivity index is 1.64. The lowest BCUT2D eigenvalue weighted by atomic mass is 9.83. The van der Waals surface area contributed by atoms with Crippen molar-refractivity contribution in [2.75, 3.05) is 58.7 Å². The number of ether oxygens (including phenoxy) is 2. The van der Waals surface area contributed by atoms with Gasteiger partial charge in [0.05, 0.1) is 25.0 Å². The maximum Gasteiger partial charge on any atom is 0.335 e. The van der Waals surface area contributed by atoms with E-state index in [9.17, 15) is 18.0 Å². The summed E-state index contributed by atoms with van der Waals surface area (Å²) in [6, 6.07) is 0. The highest BCUT2D eigenvalue weighted by Crippen LogP contribution is 2.41. The number of carbonyl (C=O) groups excluding carboxylic acids is 2. The Morgan fingerprint density at radius 3 is 2.41 bits per heavy atom. The molecule has 3 aliphatic rings. The van der Waals surface area contributed by atoms with Crippen molar-refractivity contribution in [3.63, 3.8) is 0 Å². The molecule has 1 N–H and O–H groups in total. The molecule has 0 saturated carbocycles. The maximum atomic E-state index is 12.8. The van der Waals surface area contributed by atoms with Crippen LogP contribution in [0.1, 0.15) is 19.8 Å². The summed E-state index contributed by atoms with van der Waals surface area (Å²) >= 11 is 0. The highest BCUT2D eigenvalue weighted by atomic mass is 32.2. The van der Waals surface area contributed by atoms with Gasteiger partial charge in [-0.25, -0.2) is 17.5 Å². The van der Waals surface area contributed by atoms with Crippen molar-refractivity contribution < 1.29 is 27.5 Å². The summed E-state index contributed by atoms with van der Waals surface area (Å²) in [5.41, 5.74) is -0.361. The van der Waals surface area contributed by atoms with Crippen LogP contribution < -0.4 is 5.32 Å². The van der Waals surface area contributed by atoms with Gasteiger partial charge in [-0.15, -0.1) is 0 Å². The third kappa shape index (κ3) is 4.34. The van der Waals surface area contributed by atoms with Crippen LogP contribution in [0.2, 0.25) is 0 Å². The van der Waals surface area contributed by atoms with Crippen LogP contribution in [0.3, 0.4) is 0 Å². The molecule has 3 rings (SSSR count). The third-order valence-electron chi connectivity index (χ3n) is 5.47. The standard InChI is InChI=1S/C17H27N3O6S/c1-13-14(15(21)18-5-8-19-9-11-25-12-10-19)17(26-16(13)22)3-6-20(7-4-17)27(2,23)24/h3-12H2,1-2H3,(H,18,21). The van der Waals surface area contributed by atoms with Gasteiger partial charge < -0.3 is 14.8 Å². The Kier molecular flexibility index (Phi) is 5.90. The number of rotatable bonds is 5. The first-order valence-corrected chi connectivity index (χ1v) is 11.1. The summed E-state index contributed by atoms with van der Waals surface area (Å²) in [5.74, 6) is -0.805. The number of nitrogens with zero attached hydrogens (tertiary/aromatic N) is 2. The predicted molar refractivity (Wildman–Crippen MR) is 97.4 cm³/mol. The normalized spacial score (nSPS) is 24.3. The fourth-order valence-corrected chi connectivity index (χ4v) is 4.74. The largest absolute Gasteiger partial charge is 0.450 e. The molecule has 0 aromatic carbocycles. The highest BCUT2D eigenvalue weighted by molar-refractivity contribution is 7.88. The van der Waals surface area contributed by atoms with Gasteiger partial charge in [-0.3, -0.25) is 9.69 Å². The Morgan fingerprint density at radius 2 is 1.81 bits per heavy atom. The third-order valence-corrected chi connectivity index (χ3v) is 6.77. The predicted octanol–water partition coefficient (Wildman–Crippen LogP) is -0.898. The number of morpholine rings is 1. The molecule has 0 aromatic heterocycles. The number of nitrogens with one attached hydrogen (secondary N) is 1. The van der Waals surface area contributed by atoms with Gasteiger partial charge in [-0.2, -0.15) is 0 Å². The molecule has 2 saturated heterocycles. The molecule has 0 unspecified atom stereocenters. The molecule has 0 aliphatic carbocycles. The zero-order chi connectivity index (χ0) is 19.7. The van der Waals surface area contributed by atoms with Gasteiger partial charge in [0.2, 0.25) is 10.0 Å². The Labute approximate surface area is 159 Å². The number of carbonyl (C=O) groups is 2. The van der Waals surface area contributed by atoms with Crippen LogP contribution in [0, 0.1) is 0 Å². The Bertz CT molecular complexity index is 734. The molecular weight excluding hydrogens is 374 g/mol. The zero-order valence-corrected chi connectivity index (χ0v) is 16.6. The quantitative estimate of drug-likeness (QED) is 0.596. The second kappa shape index (κ2) is 7.86. The molecule has 152 valence electrons. The first-order valence-electron chi connectivity index (χ1n) is 9.21. The molecular formula is C17H27N3O6S. The van der Waals surface area contributed by atoms with E-state index in [4.69, 9.17) is 9.47 Å². The van der Waals surface area contributed by atoms with E-state index in [1.165, 1.54) is 4.31 Å². The molecule has 1 amide bonds. The number of hydrogen-bond acceptors (Lipinski definition) is 7. The van der Waals surface area contributed by atoms with Gasteiger partial charge in [0, 0.05) is 57.7 Å². The lowest BCUT2D eigenvalue weighted by molar-refractivity contribution is -0.150. The number of esters is 1. The molecule has 27 heavy (non-hydrogen) atoms. The van der Waals surface area contributed by atoms with Crippen LogP contribution in [0.25, 0.3) is 0 Å². The van der Waals surface area contributed by atoms with Gasteiger partial charge >= 0.3 is 5.97 Å². The SMILES string of the molecule is CC1=C(C(=O)NCCN2CCOCC2)C2(CCN(S(C)(=O)=O)CC2)OC1=O. The summed E-state index contributed by atoms with van der Waals surface area (Å²) in [4.78, 5) is 27.2. The summed E-state index contributed by atoms with van der Waals surface area (Å²) in [6.45, 7) is 6.29. The van der Waals surface area contributed by atoms with E-state index in [2.05, 4.69) is 10.2 Å². The van der Waals surface area contributed by atoms with Crippen LogP contribution in [0.5, 0.6) is 0 Å². The molecule has 0 atom stereocenters. The average Bonchev–Trinajstić information content (AvgIpc) is 2.85. The zero-order valence-electron chi connectivity index (χ0n) is 15.8. The van der Waals surface area contributed by atoms with Gasteiger partial charge in [0.15, 0.2) is 0 Å². The lowest BCUT2D eigenvalue weighted by Crippen LogP contribution is -2.50. The number of hydrogen-bond donors (Lipinski definition) is 1. The molecule has 0 radical (unpaired) electrons. The van der Waals surface area contributed by atoms with Gasteiger partial charge in [-0.1, -0.05) is 0 Å². The van der Waals surface area contributed by atoms with Crippen molar-refractivity contribution in [1.29, 1.82) is 0 Å². The minimum absolute atomic E-state index is 0.226. The van der Waals surface area contributed by atoms with Crippen molar-refractivity contribution in [2.24, 2.45) is 0 Å². The molecule has 0 bridgehead atoms. The molecule has 2 fully saturated rings. The monoisotopic (exact) mass is 401 g/mol. The highest BCUT2D eigenvalue weighted by Gasteiger charge is 2.51. The van der Waals surface area contributed by atoms with Crippen LogP contribution in [-0.4, -0.2) is 93.8 Å². The first kappa shape index (κ1) is 20.2. The smallest absolute Gasteiger partial charge is 0.335 e. The van der Waals surface area contributed by atoms with E-state index in [0.29, 0.717) is 37.4 Å². The summed E-state index contributed by atoms with van der Waals surface area (Å²) in [6.07, 6.45) is 1.73. The summed E-state index contributed by atoms with van der Waals surface area (Å²) in [7, 11) is -3.30. The van der Waals surface area contributed by atoms with E-state index < -0.39 is 21.6 Å². The van der Waals surface area contributed by atoms with Gasteiger partial charge in [0.1, 0.15) is 5.60 Å². The van der Waals surface area contributed by atoms with Crippen molar-refractivity contribution in [3.8, 4) is 0 Å². The second-order valence-corrected chi connectivity index (χ2v) is 9.24. The van der Waals surface area contributed by atoms with Crippen molar-refractivity contribution in [2.45, 2.75) is 25.4 Å². The molecule has 9 nitrogen and oxygen atoms in total. The van der Waals surface area contributed by atoms with Crippen LogP contribution in [-0.2, 0) is 29.1 Å². The molecule has 1 spiro atoms. The van der Waals surface area contributed by atoms with Crippen molar-refractivity contribution in [1.82, 2.24) is 14.5 Å². The first-order chi connectivity index (χ1) is 12.7. The fourth-order valence-electron chi connectivity index (χ4n) is 3.90. The Hall–Kier alpha value is -1.49. The molecule has 3 heterocycles. The van der Waals surface area contributed by atoms with Crippen LogP contribution in [0.4, 0.5) is 0 Å². The van der Waals surface area contributed by atoms with Crippen LogP contribution >= 0.6 is 0 Å². The van der Waals surface area contributed by atoms with Crippen molar-refractivity contribution >= 4 is 21.9 Å². The second-order valence-electron chi connectivity index (χ2n) is 7.26. The summed E-state index contributed by atoms with van der Waals surface area (Å²) in [5, 5.41) is 2.89.